The fourth-order valence-corrected chi connectivity index (χ4v) is 5.68. The van der Waals surface area contributed by atoms with Gasteiger partial charge in [-0.15, -0.1) is 0 Å². The van der Waals surface area contributed by atoms with Gasteiger partial charge in [-0.3, -0.25) is 9.79 Å². The van der Waals surface area contributed by atoms with E-state index in [1.807, 2.05) is 31.1 Å². The summed E-state index contributed by atoms with van der Waals surface area (Å²) >= 11 is 1.58. The third kappa shape index (κ3) is 9.94. The van der Waals surface area contributed by atoms with Crippen molar-refractivity contribution in [3.63, 3.8) is 0 Å². The second kappa shape index (κ2) is 13.5. The summed E-state index contributed by atoms with van der Waals surface area (Å²) in [6.07, 6.45) is 1.77. The number of thioether (sulfide) groups is 1. The Morgan fingerprint density at radius 1 is 1.08 bits per heavy atom. The van der Waals surface area contributed by atoms with Gasteiger partial charge >= 0.3 is 0 Å². The van der Waals surface area contributed by atoms with Gasteiger partial charge in [0.25, 0.3) is 10.0 Å². The molecule has 3 rings (SSSR count). The van der Waals surface area contributed by atoms with Crippen molar-refractivity contribution in [3.8, 4) is 0 Å². The van der Waals surface area contributed by atoms with Crippen LogP contribution in [0, 0.1) is 5.92 Å². The van der Waals surface area contributed by atoms with Crippen molar-refractivity contribution in [1.29, 1.82) is 0 Å². The molecule has 1 heterocycles. The van der Waals surface area contributed by atoms with Crippen LogP contribution in [-0.2, 0) is 37.1 Å². The van der Waals surface area contributed by atoms with Crippen LogP contribution < -0.4 is 20.5 Å². The molecule has 0 saturated heterocycles. The minimum atomic E-state index is -4.17. The second-order valence-electron chi connectivity index (χ2n) is 9.01. The monoisotopic (exact) mass is 586 g/mol. The molecular weight excluding hydrogens is 552 g/mol. The summed E-state index contributed by atoms with van der Waals surface area (Å²) in [4.78, 5) is 17.6. The van der Waals surface area contributed by atoms with E-state index in [0.717, 1.165) is 30.4 Å². The van der Waals surface area contributed by atoms with Crippen LogP contribution in [-0.4, -0.2) is 73.1 Å². The van der Waals surface area contributed by atoms with E-state index >= 15 is 0 Å². The zero-order valence-electron chi connectivity index (χ0n) is 21.3. The van der Waals surface area contributed by atoms with Crippen molar-refractivity contribution >= 4 is 43.7 Å². The minimum absolute atomic E-state index is 0.0152. The molecular formula is C23H34N6O6S3. The number of nitrogens with one attached hydrogen (secondary N) is 3. The number of primary sulfonamides is 1. The van der Waals surface area contributed by atoms with E-state index in [0.29, 0.717) is 31.1 Å². The third-order valence-electron chi connectivity index (χ3n) is 5.28. The Kier molecular flexibility index (Phi) is 10.6. The number of sulfonamides is 2. The van der Waals surface area contributed by atoms with Gasteiger partial charge in [0.05, 0.1) is 28.6 Å². The van der Waals surface area contributed by atoms with E-state index in [4.69, 9.17) is 9.56 Å². The Bertz CT molecular complexity index is 1340. The maximum absolute atomic E-state index is 13.0. The molecule has 1 fully saturated rings. The number of nitrogens with zero attached hydrogens (tertiary/aromatic N) is 2. The van der Waals surface area contributed by atoms with Crippen LogP contribution in [0.25, 0.3) is 0 Å². The summed E-state index contributed by atoms with van der Waals surface area (Å²) in [5, 5.41) is 10.8. The summed E-state index contributed by atoms with van der Waals surface area (Å²) in [5.41, 5.74) is 0. The summed E-state index contributed by atoms with van der Waals surface area (Å²) in [6, 6.07) is 8.62. The van der Waals surface area contributed by atoms with Gasteiger partial charge in [-0.05, 0) is 57.3 Å². The van der Waals surface area contributed by atoms with Gasteiger partial charge < -0.3 is 20.0 Å². The van der Waals surface area contributed by atoms with Gasteiger partial charge in [0.1, 0.15) is 11.5 Å². The molecule has 15 heteroatoms. The Labute approximate surface area is 227 Å². The minimum Gasteiger partial charge on any atom is -0.464 e. The van der Waals surface area contributed by atoms with Crippen LogP contribution in [0.15, 0.2) is 55.6 Å². The fraction of sp³-hybridized carbons (Fsp3) is 0.478. The molecule has 0 unspecified atom stereocenters. The van der Waals surface area contributed by atoms with E-state index in [1.54, 1.807) is 11.8 Å². The van der Waals surface area contributed by atoms with Crippen molar-refractivity contribution in [2.24, 2.45) is 16.0 Å². The van der Waals surface area contributed by atoms with E-state index in [-0.39, 0.29) is 34.1 Å². The number of hydrogen-bond acceptors (Lipinski definition) is 9. The Morgan fingerprint density at radius 3 is 2.45 bits per heavy atom. The molecule has 0 radical (unpaired) electrons. The molecule has 2 aromatic rings. The number of aliphatic imine (C=N–C) groups is 1. The lowest BCUT2D eigenvalue weighted by Gasteiger charge is -2.14. The van der Waals surface area contributed by atoms with Crippen LogP contribution in [0.5, 0.6) is 0 Å². The zero-order chi connectivity index (χ0) is 27.8. The predicted octanol–water partition coefficient (Wildman–Crippen LogP) is 0.672. The molecule has 5 N–H and O–H groups in total. The van der Waals surface area contributed by atoms with Gasteiger partial charge in [0.2, 0.25) is 21.9 Å². The molecule has 0 spiro atoms. The number of benzene rings is 1. The predicted molar refractivity (Wildman–Crippen MR) is 146 cm³/mol. The zero-order valence-corrected chi connectivity index (χ0v) is 23.8. The normalized spacial score (nSPS) is 14.5. The van der Waals surface area contributed by atoms with Crippen LogP contribution in [0.1, 0.15) is 24.4 Å². The number of rotatable bonds is 14. The average Bonchev–Trinajstić information content (AvgIpc) is 3.61. The van der Waals surface area contributed by atoms with Gasteiger partial charge in [0.15, 0.2) is 0 Å². The van der Waals surface area contributed by atoms with E-state index < -0.39 is 20.0 Å². The Hall–Kier alpha value is -2.59. The lowest BCUT2D eigenvalue weighted by atomic mass is 10.4. The number of hydrogen-bond donors (Lipinski definition) is 4. The lowest BCUT2D eigenvalue weighted by Crippen LogP contribution is -2.44. The maximum atomic E-state index is 13.0. The molecule has 1 aliphatic rings. The molecule has 1 aromatic heterocycles. The molecule has 0 atom stereocenters. The number of carbonyl (C=O) groups is 1. The first-order valence-corrected chi connectivity index (χ1v) is 16.1. The molecule has 1 aromatic carbocycles. The van der Waals surface area contributed by atoms with Crippen molar-refractivity contribution in [2.45, 2.75) is 34.9 Å². The topological polar surface area (TPSA) is 176 Å². The quantitative estimate of drug-likeness (QED) is 0.141. The van der Waals surface area contributed by atoms with Crippen LogP contribution in [0.2, 0.25) is 0 Å². The Balaban J connectivity index is 1.59. The smallest absolute Gasteiger partial charge is 0.264 e. The summed E-state index contributed by atoms with van der Waals surface area (Å²) in [5.74, 6) is 2.99. The van der Waals surface area contributed by atoms with Crippen molar-refractivity contribution < 1.29 is 26.0 Å². The number of carbonyl (C=O) groups excluding carboxylic acids is 1. The molecule has 12 nitrogen and oxygen atoms in total. The highest BCUT2D eigenvalue weighted by molar-refractivity contribution is 7.98. The fourth-order valence-electron chi connectivity index (χ4n) is 3.28. The summed E-state index contributed by atoms with van der Waals surface area (Å²) in [7, 11) is -4.32. The van der Waals surface area contributed by atoms with Crippen molar-refractivity contribution in [2.75, 3.05) is 39.5 Å². The van der Waals surface area contributed by atoms with Crippen molar-refractivity contribution in [3.05, 3.63) is 47.9 Å². The first-order valence-electron chi connectivity index (χ1n) is 12.0. The first kappa shape index (κ1) is 30.0. The molecule has 0 bridgehead atoms. The van der Waals surface area contributed by atoms with E-state index in [2.05, 4.69) is 20.3 Å². The molecule has 38 heavy (non-hydrogen) atoms. The molecule has 1 amide bonds. The average molecular weight is 587 g/mol. The number of guanidine groups is 1. The summed E-state index contributed by atoms with van der Waals surface area (Å²) < 4.78 is 57.4. The van der Waals surface area contributed by atoms with E-state index in [9.17, 15) is 21.6 Å². The highest BCUT2D eigenvalue weighted by Crippen LogP contribution is 2.28. The van der Waals surface area contributed by atoms with Gasteiger partial charge in [-0.1, -0.05) is 6.07 Å². The van der Waals surface area contributed by atoms with Gasteiger partial charge in [-0.2, -0.15) is 11.8 Å². The van der Waals surface area contributed by atoms with Crippen LogP contribution in [0.3, 0.4) is 0 Å². The summed E-state index contributed by atoms with van der Waals surface area (Å²) in [6.45, 7) is 1.54. The SMILES string of the molecule is CN(C)Cc1ccc(CSCCN=C(NCCNC(=O)C2CC2)NS(=O)(=O)c2cccc(S(N)(=O)=O)c2)o1. The standard InChI is InChI=1S/C23H34N6O6S3/c1-29(2)15-18-8-9-19(35-18)16-36-13-12-27-23(26-11-10-25-22(30)17-6-7-17)28-38(33,34)21-5-3-4-20(14-21)37(24,31)32/h3-5,8-9,14,17H,6-7,10-13,15-16H2,1-2H3,(H,25,30)(H2,24,31,32)(H2,26,27,28). The molecule has 1 saturated carbocycles. The van der Waals surface area contributed by atoms with Crippen molar-refractivity contribution in [1.82, 2.24) is 20.3 Å². The van der Waals surface area contributed by atoms with Crippen LogP contribution >= 0.6 is 11.8 Å². The maximum Gasteiger partial charge on any atom is 0.264 e. The van der Waals surface area contributed by atoms with Crippen LogP contribution in [0.4, 0.5) is 0 Å². The molecule has 1 aliphatic carbocycles. The number of nitrogens with two attached hydrogens (primary N) is 1. The largest absolute Gasteiger partial charge is 0.464 e. The van der Waals surface area contributed by atoms with Gasteiger partial charge in [-0.25, -0.2) is 26.7 Å². The van der Waals surface area contributed by atoms with Gasteiger partial charge in [0, 0.05) is 24.8 Å². The number of furan rings is 1. The number of amides is 1. The lowest BCUT2D eigenvalue weighted by molar-refractivity contribution is -0.122. The third-order valence-corrected chi connectivity index (χ3v) is 8.49. The highest BCUT2D eigenvalue weighted by Gasteiger charge is 2.29. The second-order valence-corrected chi connectivity index (χ2v) is 13.4. The molecule has 210 valence electrons. The van der Waals surface area contributed by atoms with E-state index in [1.165, 1.54) is 18.2 Å². The Morgan fingerprint density at radius 2 is 1.76 bits per heavy atom. The highest BCUT2D eigenvalue weighted by atomic mass is 32.2. The first-order chi connectivity index (χ1) is 17.9. The molecule has 0 aliphatic heterocycles.